The van der Waals surface area contributed by atoms with Gasteiger partial charge in [-0.05, 0) is 30.7 Å². The van der Waals surface area contributed by atoms with Crippen molar-refractivity contribution in [1.29, 1.82) is 0 Å². The van der Waals surface area contributed by atoms with Gasteiger partial charge in [-0.1, -0.05) is 35.9 Å². The second-order valence-electron chi connectivity index (χ2n) is 5.25. The Labute approximate surface area is 129 Å². The van der Waals surface area contributed by atoms with Gasteiger partial charge in [0.2, 0.25) is 0 Å². The van der Waals surface area contributed by atoms with Gasteiger partial charge in [0.05, 0.1) is 5.52 Å². The molecule has 3 aromatic rings. The molecule has 1 aromatic heterocycles. The highest BCUT2D eigenvalue weighted by molar-refractivity contribution is 6.34. The normalized spacial score (nSPS) is 10.9. The molecule has 2 aromatic carbocycles. The summed E-state index contributed by atoms with van der Waals surface area (Å²) in [5, 5.41) is 1.43. The summed E-state index contributed by atoms with van der Waals surface area (Å²) >= 11 is 6.36. The van der Waals surface area contributed by atoms with E-state index in [4.69, 9.17) is 11.6 Å². The lowest BCUT2D eigenvalue weighted by molar-refractivity contribution is 1.13. The van der Waals surface area contributed by atoms with E-state index in [9.17, 15) is 0 Å². The number of hydrogen-bond acceptors (Lipinski definition) is 3. The molecule has 21 heavy (non-hydrogen) atoms. The molecule has 0 unspecified atom stereocenters. The predicted octanol–water partition coefficient (Wildman–Crippen LogP) is 4.32. The van der Waals surface area contributed by atoms with Crippen molar-refractivity contribution in [3.05, 3.63) is 53.2 Å². The fraction of sp³-hybridized carbons (Fsp3) is 0.176. The van der Waals surface area contributed by atoms with Gasteiger partial charge < -0.3 is 4.90 Å². The van der Waals surface area contributed by atoms with Gasteiger partial charge in [0.15, 0.2) is 5.82 Å². The zero-order valence-electron chi connectivity index (χ0n) is 12.3. The summed E-state index contributed by atoms with van der Waals surface area (Å²) in [7, 11) is 4.02. The molecule has 0 aliphatic heterocycles. The van der Waals surface area contributed by atoms with Crippen LogP contribution in [-0.2, 0) is 0 Å². The van der Waals surface area contributed by atoms with E-state index in [2.05, 4.69) is 27.0 Å². The Balaban J connectivity index is 2.20. The van der Waals surface area contributed by atoms with Crippen molar-refractivity contribution in [2.75, 3.05) is 19.0 Å². The predicted molar refractivity (Wildman–Crippen MR) is 89.0 cm³/mol. The lowest BCUT2D eigenvalue weighted by Crippen LogP contribution is -2.08. The van der Waals surface area contributed by atoms with Crippen molar-refractivity contribution < 1.29 is 0 Å². The minimum Gasteiger partial charge on any atom is -0.378 e. The molecule has 0 spiro atoms. The smallest absolute Gasteiger partial charge is 0.161 e. The van der Waals surface area contributed by atoms with Crippen LogP contribution in [0.25, 0.3) is 22.3 Å². The van der Waals surface area contributed by atoms with Crippen molar-refractivity contribution >= 4 is 28.2 Å². The average Bonchev–Trinajstić information content (AvgIpc) is 2.47. The van der Waals surface area contributed by atoms with Gasteiger partial charge in [0.25, 0.3) is 0 Å². The second kappa shape index (κ2) is 5.34. The molecule has 0 N–H and O–H groups in total. The molecule has 0 fully saturated rings. The number of benzene rings is 2. The first-order chi connectivity index (χ1) is 10.1. The van der Waals surface area contributed by atoms with Gasteiger partial charge in [-0.3, -0.25) is 0 Å². The maximum absolute atomic E-state index is 6.36. The molecule has 3 rings (SSSR count). The van der Waals surface area contributed by atoms with Crippen LogP contribution in [0.3, 0.4) is 0 Å². The number of nitrogens with zero attached hydrogens (tertiary/aromatic N) is 3. The molecule has 0 atom stereocenters. The van der Waals surface area contributed by atoms with Crippen molar-refractivity contribution in [2.45, 2.75) is 6.92 Å². The lowest BCUT2D eigenvalue weighted by Gasteiger charge is -2.13. The Hall–Kier alpha value is -2.13. The summed E-state index contributed by atoms with van der Waals surface area (Å²) in [5.41, 5.74) is 4.04. The number of hydrogen-bond donors (Lipinski definition) is 0. The summed E-state index contributed by atoms with van der Waals surface area (Å²) in [6.07, 6.45) is 0. The molecule has 0 saturated carbocycles. The first kappa shape index (κ1) is 13.8. The van der Waals surface area contributed by atoms with Crippen LogP contribution in [0.1, 0.15) is 5.56 Å². The standard InChI is InChI=1S/C17H16ClN3/c1-11-6-4-9-14-15(11)16(18)20-17(19-14)12-7-5-8-13(10-12)21(2)3/h4-10H,1-3H3. The van der Waals surface area contributed by atoms with Crippen LogP contribution < -0.4 is 4.90 Å². The highest BCUT2D eigenvalue weighted by atomic mass is 35.5. The highest BCUT2D eigenvalue weighted by Crippen LogP contribution is 2.28. The Kier molecular flexibility index (Phi) is 3.52. The van der Waals surface area contributed by atoms with Crippen molar-refractivity contribution in [3.63, 3.8) is 0 Å². The monoisotopic (exact) mass is 297 g/mol. The van der Waals surface area contributed by atoms with E-state index in [1.165, 1.54) is 0 Å². The topological polar surface area (TPSA) is 29.0 Å². The summed E-state index contributed by atoms with van der Waals surface area (Å²) in [5.74, 6) is 0.654. The molecule has 3 nitrogen and oxygen atoms in total. The lowest BCUT2D eigenvalue weighted by atomic mass is 10.1. The Morgan fingerprint density at radius 1 is 1.00 bits per heavy atom. The maximum atomic E-state index is 6.36. The van der Waals surface area contributed by atoms with Crippen molar-refractivity contribution in [2.24, 2.45) is 0 Å². The van der Waals surface area contributed by atoms with Crippen LogP contribution in [0.4, 0.5) is 5.69 Å². The first-order valence-corrected chi connectivity index (χ1v) is 7.14. The molecule has 0 saturated heterocycles. The highest BCUT2D eigenvalue weighted by Gasteiger charge is 2.10. The van der Waals surface area contributed by atoms with Gasteiger partial charge in [-0.15, -0.1) is 0 Å². The van der Waals surface area contributed by atoms with E-state index < -0.39 is 0 Å². The van der Waals surface area contributed by atoms with E-state index >= 15 is 0 Å². The molecule has 4 heteroatoms. The first-order valence-electron chi connectivity index (χ1n) is 6.77. The fourth-order valence-electron chi connectivity index (χ4n) is 2.35. The van der Waals surface area contributed by atoms with E-state index in [0.717, 1.165) is 27.7 Å². The van der Waals surface area contributed by atoms with Crippen LogP contribution in [0.15, 0.2) is 42.5 Å². The van der Waals surface area contributed by atoms with E-state index in [0.29, 0.717) is 11.0 Å². The zero-order valence-corrected chi connectivity index (χ0v) is 13.0. The SMILES string of the molecule is Cc1cccc2nc(-c3cccc(N(C)C)c3)nc(Cl)c12. The molecule has 0 radical (unpaired) electrons. The van der Waals surface area contributed by atoms with Gasteiger partial charge in [-0.25, -0.2) is 9.97 Å². The number of fused-ring (bicyclic) bond motifs is 1. The third-order valence-electron chi connectivity index (χ3n) is 3.51. The van der Waals surface area contributed by atoms with Crippen molar-refractivity contribution in [1.82, 2.24) is 9.97 Å². The fourth-order valence-corrected chi connectivity index (χ4v) is 2.68. The van der Waals surface area contributed by atoms with Crippen LogP contribution in [0, 0.1) is 6.92 Å². The number of anilines is 1. The molecule has 0 aliphatic rings. The molecule has 106 valence electrons. The third-order valence-corrected chi connectivity index (χ3v) is 3.78. The van der Waals surface area contributed by atoms with Crippen LogP contribution in [0.5, 0.6) is 0 Å². The minimum absolute atomic E-state index is 0.503. The Morgan fingerprint density at radius 3 is 2.52 bits per heavy atom. The van der Waals surface area contributed by atoms with Crippen LogP contribution in [0.2, 0.25) is 5.15 Å². The largest absolute Gasteiger partial charge is 0.378 e. The molecule has 0 aliphatic carbocycles. The number of rotatable bonds is 2. The maximum Gasteiger partial charge on any atom is 0.161 e. The zero-order chi connectivity index (χ0) is 15.0. The quantitative estimate of drug-likeness (QED) is 0.659. The summed E-state index contributed by atoms with van der Waals surface area (Å²) < 4.78 is 0. The second-order valence-corrected chi connectivity index (χ2v) is 5.61. The Morgan fingerprint density at radius 2 is 1.76 bits per heavy atom. The van der Waals surface area contributed by atoms with E-state index in [1.54, 1.807) is 0 Å². The molecule has 0 amide bonds. The third kappa shape index (κ3) is 2.57. The number of aromatic nitrogens is 2. The van der Waals surface area contributed by atoms with Gasteiger partial charge in [-0.2, -0.15) is 0 Å². The summed E-state index contributed by atoms with van der Waals surface area (Å²) in [4.78, 5) is 11.2. The van der Waals surface area contributed by atoms with Crippen LogP contribution in [-0.4, -0.2) is 24.1 Å². The average molecular weight is 298 g/mol. The van der Waals surface area contributed by atoms with Crippen molar-refractivity contribution in [3.8, 4) is 11.4 Å². The van der Waals surface area contributed by atoms with Gasteiger partial charge in [0.1, 0.15) is 5.15 Å². The van der Waals surface area contributed by atoms with Gasteiger partial charge in [0, 0.05) is 30.7 Å². The van der Waals surface area contributed by atoms with E-state index in [-0.39, 0.29) is 0 Å². The van der Waals surface area contributed by atoms with Crippen LogP contribution >= 0.6 is 11.6 Å². The summed E-state index contributed by atoms with van der Waals surface area (Å²) in [6, 6.07) is 14.1. The minimum atomic E-state index is 0.503. The van der Waals surface area contributed by atoms with Gasteiger partial charge >= 0.3 is 0 Å². The summed E-state index contributed by atoms with van der Waals surface area (Å²) in [6.45, 7) is 2.02. The Bertz CT molecular complexity index is 812. The molecule has 0 bridgehead atoms. The number of aryl methyl sites for hydroxylation is 1. The molecule has 1 heterocycles. The number of halogens is 1. The molecular formula is C17H16ClN3. The van der Waals surface area contributed by atoms with E-state index in [1.807, 2.05) is 51.4 Å². The molecular weight excluding hydrogens is 282 g/mol.